The van der Waals surface area contributed by atoms with Gasteiger partial charge >= 0.3 is 0 Å². The van der Waals surface area contributed by atoms with Gasteiger partial charge in [0.15, 0.2) is 0 Å². The third-order valence-corrected chi connectivity index (χ3v) is 2.17. The van der Waals surface area contributed by atoms with Crippen molar-refractivity contribution in [2.75, 3.05) is 0 Å². The molecule has 0 spiro atoms. The SMILES string of the molecule is O=CC1C(O)=C(O)C(C=O)C1C=O. The highest BCUT2D eigenvalue weighted by atomic mass is 16.3. The van der Waals surface area contributed by atoms with Gasteiger partial charge in [-0.1, -0.05) is 0 Å². The molecule has 0 amide bonds. The normalized spacial score (nSPS) is 33.1. The van der Waals surface area contributed by atoms with Crippen LogP contribution in [-0.2, 0) is 14.4 Å². The van der Waals surface area contributed by atoms with Crippen LogP contribution in [0.1, 0.15) is 0 Å². The van der Waals surface area contributed by atoms with E-state index >= 15 is 0 Å². The lowest BCUT2D eigenvalue weighted by molar-refractivity contribution is -0.122. The van der Waals surface area contributed by atoms with E-state index in [0.717, 1.165) is 0 Å². The summed E-state index contributed by atoms with van der Waals surface area (Å²) in [6.45, 7) is 0. The lowest BCUT2D eigenvalue weighted by Crippen LogP contribution is -2.21. The highest BCUT2D eigenvalue weighted by Gasteiger charge is 2.43. The van der Waals surface area contributed by atoms with Gasteiger partial charge in [-0.3, -0.25) is 0 Å². The molecule has 0 bridgehead atoms. The van der Waals surface area contributed by atoms with Crippen LogP contribution in [0.25, 0.3) is 0 Å². The number of rotatable bonds is 3. The Morgan fingerprint density at radius 3 is 1.46 bits per heavy atom. The average molecular weight is 184 g/mol. The first-order valence-electron chi connectivity index (χ1n) is 3.65. The third kappa shape index (κ3) is 1.22. The van der Waals surface area contributed by atoms with E-state index in [0.29, 0.717) is 18.9 Å². The third-order valence-electron chi connectivity index (χ3n) is 2.17. The van der Waals surface area contributed by atoms with Crippen molar-refractivity contribution < 1.29 is 24.6 Å². The van der Waals surface area contributed by atoms with Gasteiger partial charge < -0.3 is 24.6 Å². The summed E-state index contributed by atoms with van der Waals surface area (Å²) in [5.41, 5.74) is 0. The van der Waals surface area contributed by atoms with Gasteiger partial charge in [0.25, 0.3) is 0 Å². The van der Waals surface area contributed by atoms with E-state index in [2.05, 4.69) is 0 Å². The van der Waals surface area contributed by atoms with Crippen LogP contribution in [0.2, 0.25) is 0 Å². The number of allylic oxidation sites excluding steroid dienone is 2. The molecule has 0 aromatic heterocycles. The lowest BCUT2D eigenvalue weighted by Gasteiger charge is -2.09. The second-order valence-corrected chi connectivity index (χ2v) is 2.81. The summed E-state index contributed by atoms with van der Waals surface area (Å²) in [5.74, 6) is -4.32. The van der Waals surface area contributed by atoms with Crippen molar-refractivity contribution in [3.63, 3.8) is 0 Å². The zero-order chi connectivity index (χ0) is 10.0. The van der Waals surface area contributed by atoms with E-state index in [9.17, 15) is 14.4 Å². The molecule has 0 saturated heterocycles. The Bertz CT molecular complexity index is 256. The van der Waals surface area contributed by atoms with E-state index in [4.69, 9.17) is 10.2 Å². The van der Waals surface area contributed by atoms with Crippen LogP contribution in [0.3, 0.4) is 0 Å². The largest absolute Gasteiger partial charge is 0.508 e. The van der Waals surface area contributed by atoms with E-state index < -0.39 is 29.3 Å². The predicted octanol–water partition coefficient (Wildman–Crippen LogP) is -0.227. The van der Waals surface area contributed by atoms with E-state index in [-0.39, 0.29) is 0 Å². The summed E-state index contributed by atoms with van der Waals surface area (Å²) in [5, 5.41) is 18.3. The monoisotopic (exact) mass is 184 g/mol. The fraction of sp³-hybridized carbons (Fsp3) is 0.375. The molecular formula is C8H8O5. The molecule has 70 valence electrons. The minimum atomic E-state index is -1.09. The van der Waals surface area contributed by atoms with Crippen LogP contribution >= 0.6 is 0 Å². The van der Waals surface area contributed by atoms with Gasteiger partial charge in [-0.25, -0.2) is 0 Å². The van der Waals surface area contributed by atoms with Crippen LogP contribution in [0.15, 0.2) is 11.5 Å². The summed E-state index contributed by atoms with van der Waals surface area (Å²) in [7, 11) is 0. The predicted molar refractivity (Wildman–Crippen MR) is 40.9 cm³/mol. The number of aldehydes is 3. The van der Waals surface area contributed by atoms with E-state index in [1.54, 1.807) is 0 Å². The molecule has 0 aliphatic heterocycles. The Morgan fingerprint density at radius 1 is 0.846 bits per heavy atom. The Balaban J connectivity index is 3.08. The molecular weight excluding hydrogens is 176 g/mol. The van der Waals surface area contributed by atoms with Gasteiger partial charge in [-0.15, -0.1) is 0 Å². The van der Waals surface area contributed by atoms with Crippen molar-refractivity contribution in [3.05, 3.63) is 11.5 Å². The number of carbonyl (C=O) groups is 3. The van der Waals surface area contributed by atoms with Crippen LogP contribution in [0.4, 0.5) is 0 Å². The smallest absolute Gasteiger partial charge is 0.141 e. The molecule has 5 nitrogen and oxygen atoms in total. The first-order valence-corrected chi connectivity index (χ1v) is 3.65. The van der Waals surface area contributed by atoms with Gasteiger partial charge in [0.2, 0.25) is 0 Å². The minimum Gasteiger partial charge on any atom is -0.508 e. The van der Waals surface area contributed by atoms with E-state index in [1.807, 2.05) is 0 Å². The summed E-state index contributed by atoms with van der Waals surface area (Å²) < 4.78 is 0. The molecule has 0 aromatic carbocycles. The lowest BCUT2D eigenvalue weighted by atomic mass is 9.90. The molecule has 0 heterocycles. The van der Waals surface area contributed by atoms with Crippen molar-refractivity contribution >= 4 is 18.9 Å². The molecule has 5 heteroatoms. The molecule has 2 unspecified atom stereocenters. The van der Waals surface area contributed by atoms with Crippen molar-refractivity contribution in [3.8, 4) is 0 Å². The summed E-state index contributed by atoms with van der Waals surface area (Å²) >= 11 is 0. The number of carbonyl (C=O) groups excluding carboxylic acids is 3. The Kier molecular flexibility index (Phi) is 2.46. The zero-order valence-corrected chi connectivity index (χ0v) is 6.58. The van der Waals surface area contributed by atoms with Gasteiger partial charge in [0, 0.05) is 5.92 Å². The fourth-order valence-corrected chi connectivity index (χ4v) is 1.41. The molecule has 1 aliphatic carbocycles. The quantitative estimate of drug-likeness (QED) is 0.591. The maximum atomic E-state index is 10.5. The van der Waals surface area contributed by atoms with Crippen LogP contribution in [-0.4, -0.2) is 29.1 Å². The average Bonchev–Trinajstić information content (AvgIpc) is 2.38. The molecule has 0 fully saturated rings. The first-order chi connectivity index (χ1) is 6.17. The number of hydrogen-bond donors (Lipinski definition) is 2. The summed E-state index contributed by atoms with van der Waals surface area (Å²) in [4.78, 5) is 31.3. The summed E-state index contributed by atoms with van der Waals surface area (Å²) in [6, 6.07) is 0. The highest BCUT2D eigenvalue weighted by molar-refractivity contribution is 5.77. The second-order valence-electron chi connectivity index (χ2n) is 2.81. The first kappa shape index (κ1) is 9.44. The number of aliphatic hydroxyl groups is 2. The van der Waals surface area contributed by atoms with Crippen molar-refractivity contribution in [2.45, 2.75) is 0 Å². The van der Waals surface area contributed by atoms with Crippen molar-refractivity contribution in [2.24, 2.45) is 17.8 Å². The highest BCUT2D eigenvalue weighted by Crippen LogP contribution is 2.35. The zero-order valence-electron chi connectivity index (χ0n) is 6.58. The standard InChI is InChI=1S/C8H8O5/c9-1-4-5(2-10)7(12)8(13)6(4)3-11/h1-6,12-13H. The number of aliphatic hydroxyl groups excluding tert-OH is 2. The van der Waals surface area contributed by atoms with E-state index in [1.165, 1.54) is 0 Å². The molecule has 0 aromatic rings. The molecule has 0 saturated carbocycles. The molecule has 2 N–H and O–H groups in total. The topological polar surface area (TPSA) is 91.7 Å². The van der Waals surface area contributed by atoms with Gasteiger partial charge in [0.05, 0.1) is 11.8 Å². The number of hydrogen-bond acceptors (Lipinski definition) is 5. The van der Waals surface area contributed by atoms with Gasteiger partial charge in [-0.05, 0) is 0 Å². The molecule has 1 rings (SSSR count). The van der Waals surface area contributed by atoms with Crippen molar-refractivity contribution in [1.29, 1.82) is 0 Å². The molecule has 2 atom stereocenters. The Morgan fingerprint density at radius 2 is 1.23 bits per heavy atom. The minimum absolute atomic E-state index is 0.341. The Hall–Kier alpha value is -1.65. The van der Waals surface area contributed by atoms with Crippen LogP contribution in [0, 0.1) is 17.8 Å². The fourth-order valence-electron chi connectivity index (χ4n) is 1.41. The van der Waals surface area contributed by atoms with Crippen LogP contribution < -0.4 is 0 Å². The molecule has 0 radical (unpaired) electrons. The van der Waals surface area contributed by atoms with Gasteiger partial charge in [0.1, 0.15) is 30.4 Å². The van der Waals surface area contributed by atoms with Crippen LogP contribution in [0.5, 0.6) is 0 Å². The maximum absolute atomic E-state index is 10.5. The maximum Gasteiger partial charge on any atom is 0.141 e. The Labute approximate surface area is 73.7 Å². The molecule has 13 heavy (non-hydrogen) atoms. The molecule has 1 aliphatic rings. The van der Waals surface area contributed by atoms with Gasteiger partial charge in [-0.2, -0.15) is 0 Å². The second kappa shape index (κ2) is 3.38. The van der Waals surface area contributed by atoms with Crippen molar-refractivity contribution in [1.82, 2.24) is 0 Å². The summed E-state index contributed by atoms with van der Waals surface area (Å²) in [6.07, 6.45) is 1.07.